The molecule has 98 valence electrons. The second-order valence-corrected chi connectivity index (χ2v) is 5.40. The van der Waals surface area contributed by atoms with Crippen molar-refractivity contribution in [2.45, 2.75) is 38.6 Å². The van der Waals surface area contributed by atoms with Crippen LogP contribution >= 0.6 is 0 Å². The van der Waals surface area contributed by atoms with Crippen molar-refractivity contribution in [3.63, 3.8) is 0 Å². The summed E-state index contributed by atoms with van der Waals surface area (Å²) in [5.74, 6) is 0.678. The standard InChI is InChI=1S/C13H19N.C2H4N2/c1-10-9-13(2,3)14(4)12-8-6-5-7-11(10)12;3-1-2-4/h5-8,10H,9H2,1-4H3;1,3H2. The molecule has 0 aromatic heterocycles. The minimum Gasteiger partial charge on any atom is -0.369 e. The van der Waals surface area contributed by atoms with Crippen LogP contribution in [0.5, 0.6) is 0 Å². The molecular formula is C15H23N3. The lowest BCUT2D eigenvalue weighted by molar-refractivity contribution is 0.395. The summed E-state index contributed by atoms with van der Waals surface area (Å²) in [5.41, 5.74) is 7.85. The molecule has 1 aromatic carbocycles. The van der Waals surface area contributed by atoms with Crippen molar-refractivity contribution < 1.29 is 0 Å². The van der Waals surface area contributed by atoms with E-state index < -0.39 is 0 Å². The molecule has 1 aromatic rings. The van der Waals surface area contributed by atoms with E-state index >= 15 is 0 Å². The van der Waals surface area contributed by atoms with Crippen LogP contribution in [0.15, 0.2) is 24.3 Å². The Hall–Kier alpha value is -1.53. The van der Waals surface area contributed by atoms with Crippen molar-refractivity contribution in [3.05, 3.63) is 29.8 Å². The highest BCUT2D eigenvalue weighted by Gasteiger charge is 2.33. The summed E-state index contributed by atoms with van der Waals surface area (Å²) in [6.07, 6.45) is 1.24. The third kappa shape index (κ3) is 3.02. The summed E-state index contributed by atoms with van der Waals surface area (Å²) in [6, 6.07) is 10.5. The van der Waals surface area contributed by atoms with Crippen LogP contribution in [-0.4, -0.2) is 19.1 Å². The Morgan fingerprint density at radius 2 is 2.00 bits per heavy atom. The topological polar surface area (TPSA) is 53.0 Å². The number of nitrogens with zero attached hydrogens (tertiary/aromatic N) is 2. The highest BCUT2D eigenvalue weighted by Crippen LogP contribution is 2.41. The first-order chi connectivity index (χ1) is 8.44. The van der Waals surface area contributed by atoms with Gasteiger partial charge in [0.2, 0.25) is 0 Å². The Labute approximate surface area is 110 Å². The molecular weight excluding hydrogens is 222 g/mol. The summed E-state index contributed by atoms with van der Waals surface area (Å²) < 4.78 is 0. The molecule has 0 spiro atoms. The normalized spacial score (nSPS) is 20.2. The largest absolute Gasteiger partial charge is 0.369 e. The number of nitrogens with two attached hydrogens (primary N) is 1. The monoisotopic (exact) mass is 245 g/mol. The number of para-hydroxylation sites is 1. The molecule has 1 aliphatic rings. The average Bonchev–Trinajstić information content (AvgIpc) is 2.36. The number of rotatable bonds is 0. The molecule has 1 aliphatic heterocycles. The predicted molar refractivity (Wildman–Crippen MR) is 76.6 cm³/mol. The van der Waals surface area contributed by atoms with E-state index in [0.29, 0.717) is 5.92 Å². The summed E-state index contributed by atoms with van der Waals surface area (Å²) in [6.45, 7) is 7.09. The van der Waals surface area contributed by atoms with Gasteiger partial charge < -0.3 is 10.6 Å². The van der Waals surface area contributed by atoms with Crippen molar-refractivity contribution in [3.8, 4) is 6.07 Å². The molecule has 2 rings (SSSR count). The average molecular weight is 245 g/mol. The molecule has 1 heterocycles. The Balaban J connectivity index is 0.000000357. The second kappa shape index (κ2) is 5.88. The fourth-order valence-electron chi connectivity index (χ4n) is 2.53. The van der Waals surface area contributed by atoms with Crippen molar-refractivity contribution in [1.82, 2.24) is 0 Å². The maximum absolute atomic E-state index is 7.50. The Bertz CT molecular complexity index is 432. The van der Waals surface area contributed by atoms with Crippen LogP contribution in [0.2, 0.25) is 0 Å². The Morgan fingerprint density at radius 3 is 2.56 bits per heavy atom. The van der Waals surface area contributed by atoms with E-state index in [1.54, 1.807) is 6.07 Å². The van der Waals surface area contributed by atoms with Crippen LogP contribution in [0.4, 0.5) is 5.69 Å². The number of anilines is 1. The third-order valence-electron chi connectivity index (χ3n) is 3.63. The minimum atomic E-state index is 0.125. The first kappa shape index (κ1) is 14.5. The summed E-state index contributed by atoms with van der Waals surface area (Å²) in [7, 11) is 2.20. The first-order valence-electron chi connectivity index (χ1n) is 6.34. The maximum atomic E-state index is 7.50. The quantitative estimate of drug-likeness (QED) is 0.715. The molecule has 0 amide bonds. The molecule has 0 aliphatic carbocycles. The van der Waals surface area contributed by atoms with Gasteiger partial charge in [-0.25, -0.2) is 0 Å². The van der Waals surface area contributed by atoms with E-state index in [1.165, 1.54) is 17.7 Å². The fraction of sp³-hybridized carbons (Fsp3) is 0.533. The van der Waals surface area contributed by atoms with E-state index in [0.717, 1.165) is 0 Å². The smallest absolute Gasteiger partial charge is 0.0815 e. The highest BCUT2D eigenvalue weighted by atomic mass is 15.2. The molecule has 1 atom stereocenters. The lowest BCUT2D eigenvalue weighted by Gasteiger charge is -2.45. The summed E-state index contributed by atoms with van der Waals surface area (Å²) in [4.78, 5) is 2.41. The second-order valence-electron chi connectivity index (χ2n) is 5.40. The van der Waals surface area contributed by atoms with Gasteiger partial charge in [0.25, 0.3) is 0 Å². The van der Waals surface area contributed by atoms with E-state index in [2.05, 4.69) is 62.7 Å². The SMILES string of the molecule is CC1CC(C)(C)N(C)c2ccccc21.N#CCN. The van der Waals surface area contributed by atoms with Gasteiger partial charge >= 0.3 is 0 Å². The number of fused-ring (bicyclic) bond motifs is 1. The predicted octanol–water partition coefficient (Wildman–Crippen LogP) is 2.88. The third-order valence-corrected chi connectivity index (χ3v) is 3.63. The van der Waals surface area contributed by atoms with E-state index in [-0.39, 0.29) is 12.1 Å². The van der Waals surface area contributed by atoms with Crippen LogP contribution in [-0.2, 0) is 0 Å². The zero-order valence-electron chi connectivity index (χ0n) is 11.8. The van der Waals surface area contributed by atoms with Crippen LogP contribution in [0.1, 0.15) is 38.7 Å². The van der Waals surface area contributed by atoms with Gasteiger partial charge in [-0.3, -0.25) is 0 Å². The van der Waals surface area contributed by atoms with Gasteiger partial charge in [0, 0.05) is 18.3 Å². The molecule has 18 heavy (non-hydrogen) atoms. The number of hydrogen-bond acceptors (Lipinski definition) is 3. The first-order valence-corrected chi connectivity index (χ1v) is 6.34. The van der Waals surface area contributed by atoms with Gasteiger partial charge in [0.05, 0.1) is 12.6 Å². The molecule has 3 heteroatoms. The maximum Gasteiger partial charge on any atom is 0.0815 e. The molecule has 3 nitrogen and oxygen atoms in total. The van der Waals surface area contributed by atoms with E-state index in [4.69, 9.17) is 5.26 Å². The molecule has 0 fully saturated rings. The van der Waals surface area contributed by atoms with Gasteiger partial charge in [-0.1, -0.05) is 25.1 Å². The summed E-state index contributed by atoms with van der Waals surface area (Å²) >= 11 is 0. The minimum absolute atomic E-state index is 0.125. The van der Waals surface area contributed by atoms with Crippen molar-refractivity contribution in [2.24, 2.45) is 5.73 Å². The number of benzene rings is 1. The molecule has 2 N–H and O–H groups in total. The summed E-state index contributed by atoms with van der Waals surface area (Å²) in [5, 5.41) is 7.50. The van der Waals surface area contributed by atoms with Gasteiger partial charge in [-0.05, 0) is 37.8 Å². The molecule has 0 saturated heterocycles. The van der Waals surface area contributed by atoms with E-state index in [9.17, 15) is 0 Å². The van der Waals surface area contributed by atoms with Crippen LogP contribution < -0.4 is 10.6 Å². The van der Waals surface area contributed by atoms with Gasteiger partial charge in [-0.15, -0.1) is 0 Å². The Kier molecular flexibility index (Phi) is 4.75. The van der Waals surface area contributed by atoms with Crippen molar-refractivity contribution >= 4 is 5.69 Å². The lowest BCUT2D eigenvalue weighted by Crippen LogP contribution is -2.45. The number of nitriles is 1. The molecule has 0 saturated carbocycles. The Morgan fingerprint density at radius 1 is 1.44 bits per heavy atom. The van der Waals surface area contributed by atoms with Crippen LogP contribution in [0, 0.1) is 11.3 Å². The zero-order chi connectivity index (χ0) is 13.8. The molecule has 0 radical (unpaired) electrons. The lowest BCUT2D eigenvalue weighted by atomic mass is 9.80. The molecule has 1 unspecified atom stereocenters. The van der Waals surface area contributed by atoms with Crippen molar-refractivity contribution in [2.75, 3.05) is 18.5 Å². The van der Waals surface area contributed by atoms with Gasteiger partial charge in [0.15, 0.2) is 0 Å². The van der Waals surface area contributed by atoms with Crippen LogP contribution in [0.3, 0.4) is 0 Å². The van der Waals surface area contributed by atoms with Gasteiger partial charge in [-0.2, -0.15) is 5.26 Å². The van der Waals surface area contributed by atoms with Crippen molar-refractivity contribution in [1.29, 1.82) is 5.26 Å². The number of hydrogen-bond donors (Lipinski definition) is 1. The van der Waals surface area contributed by atoms with E-state index in [1.807, 2.05) is 0 Å². The van der Waals surface area contributed by atoms with Crippen LogP contribution in [0.25, 0.3) is 0 Å². The van der Waals surface area contributed by atoms with Gasteiger partial charge in [0.1, 0.15) is 0 Å². The molecule has 0 bridgehead atoms. The fourth-order valence-corrected chi connectivity index (χ4v) is 2.53. The highest BCUT2D eigenvalue weighted by molar-refractivity contribution is 5.58. The zero-order valence-corrected chi connectivity index (χ0v) is 11.8.